The Morgan fingerprint density at radius 3 is 2.69 bits per heavy atom. The molecule has 9 heteroatoms. The number of thiazole rings is 1. The molecular weight excluding hydrogens is 466 g/mol. The Morgan fingerprint density at radius 2 is 1.97 bits per heavy atom. The normalized spacial score (nSPS) is 15.2. The van der Waals surface area contributed by atoms with E-state index in [1.54, 1.807) is 19.9 Å². The van der Waals surface area contributed by atoms with Gasteiger partial charge in [-0.05, 0) is 39.1 Å². The lowest BCUT2D eigenvalue weighted by molar-refractivity contribution is 0.0492. The van der Waals surface area contributed by atoms with Crippen LogP contribution >= 0.6 is 11.3 Å². The molecule has 4 aromatic rings. The number of carbonyl (C=O) groups is 1. The van der Waals surface area contributed by atoms with E-state index in [2.05, 4.69) is 21.8 Å². The number of nitrogens with zero attached hydrogens (tertiary/aromatic N) is 3. The smallest absolute Gasteiger partial charge is 0.375 e. The topological polar surface area (TPSA) is 96.1 Å². The fraction of sp³-hybridized carbons (Fsp3) is 0.346. The van der Waals surface area contributed by atoms with Crippen LogP contribution in [0.2, 0.25) is 0 Å². The Bertz CT molecular complexity index is 1450. The Balaban J connectivity index is 1.70. The number of phenols is 1. The molecule has 2 aromatic heterocycles. The lowest BCUT2D eigenvalue weighted by Gasteiger charge is -2.32. The number of benzene rings is 2. The molecule has 0 atom stereocenters. The minimum absolute atomic E-state index is 0.0714. The first-order valence-corrected chi connectivity index (χ1v) is 12.4. The van der Waals surface area contributed by atoms with Crippen LogP contribution in [0.25, 0.3) is 31.8 Å². The number of aromatic nitrogens is 1. The summed E-state index contributed by atoms with van der Waals surface area (Å²) in [5, 5.41) is 11.7. The third-order valence-corrected chi connectivity index (χ3v) is 7.48. The quantitative estimate of drug-likeness (QED) is 0.417. The third-order valence-electron chi connectivity index (χ3n) is 6.42. The van der Waals surface area contributed by atoms with Crippen LogP contribution in [0.4, 0.5) is 0 Å². The highest BCUT2D eigenvalue weighted by molar-refractivity contribution is 7.21. The van der Waals surface area contributed by atoms with Gasteiger partial charge in [0.05, 0.1) is 22.2 Å². The van der Waals surface area contributed by atoms with Gasteiger partial charge in [-0.3, -0.25) is 9.69 Å². The zero-order valence-electron chi connectivity index (χ0n) is 20.0. The van der Waals surface area contributed by atoms with Crippen molar-refractivity contribution in [2.45, 2.75) is 20.4 Å². The number of aromatic hydroxyl groups is 1. The second-order valence-electron chi connectivity index (χ2n) is 8.81. The van der Waals surface area contributed by atoms with Crippen LogP contribution in [0, 0.1) is 6.92 Å². The van der Waals surface area contributed by atoms with E-state index in [4.69, 9.17) is 9.15 Å². The number of aryl methyl sites for hydroxylation is 1. The second kappa shape index (κ2) is 9.41. The fourth-order valence-electron chi connectivity index (χ4n) is 4.43. The largest absolute Gasteiger partial charge is 0.507 e. The van der Waals surface area contributed by atoms with E-state index in [9.17, 15) is 14.7 Å². The number of rotatable bonds is 5. The first-order chi connectivity index (χ1) is 16.9. The number of phenolic OH excluding ortho intramolecular Hbond substituents is 1. The number of likely N-dealkylation sites (N-methyl/N-ethyl adjacent to an activating group) is 1. The number of esters is 1. The standard InChI is InChI=1S/C26H27N3O5S/c1-4-33-26(32)24-20(25-27-18-7-5-6-8-19(18)35-25)22(31)17-13-16(21(30)15(2)23(17)34-24)14-29-11-9-28(3)10-12-29/h5-8,13,30H,4,9-12,14H2,1-3H3. The SMILES string of the molecule is CCOC(=O)c1oc2c(C)c(O)c(CN3CCN(C)CC3)cc2c(=O)c1-c1nc2ccccc2s1. The van der Waals surface area contributed by atoms with Crippen LogP contribution in [0.3, 0.4) is 0 Å². The van der Waals surface area contributed by atoms with E-state index in [0.29, 0.717) is 28.1 Å². The summed E-state index contributed by atoms with van der Waals surface area (Å²) in [6.45, 7) is 7.68. The Labute approximate surface area is 206 Å². The van der Waals surface area contributed by atoms with Crippen LogP contribution < -0.4 is 5.43 Å². The van der Waals surface area contributed by atoms with Crippen molar-refractivity contribution >= 4 is 38.5 Å². The molecule has 1 aliphatic heterocycles. The molecule has 35 heavy (non-hydrogen) atoms. The van der Waals surface area contributed by atoms with Crippen molar-refractivity contribution in [3.8, 4) is 16.3 Å². The molecule has 1 fully saturated rings. The van der Waals surface area contributed by atoms with Crippen molar-refractivity contribution in [2.75, 3.05) is 39.8 Å². The second-order valence-corrected chi connectivity index (χ2v) is 9.84. The molecule has 1 N–H and O–H groups in total. The van der Waals surface area contributed by atoms with Gasteiger partial charge in [0, 0.05) is 43.9 Å². The summed E-state index contributed by atoms with van der Waals surface area (Å²) in [7, 11) is 2.09. The summed E-state index contributed by atoms with van der Waals surface area (Å²) in [5.41, 5.74) is 1.72. The van der Waals surface area contributed by atoms with Gasteiger partial charge in [-0.15, -0.1) is 11.3 Å². The summed E-state index contributed by atoms with van der Waals surface area (Å²) in [6, 6.07) is 9.24. The van der Waals surface area contributed by atoms with Crippen molar-refractivity contribution in [3.63, 3.8) is 0 Å². The average molecular weight is 494 g/mol. The van der Waals surface area contributed by atoms with Gasteiger partial charge in [-0.1, -0.05) is 12.1 Å². The maximum absolute atomic E-state index is 13.9. The summed E-state index contributed by atoms with van der Waals surface area (Å²) >= 11 is 1.32. The summed E-state index contributed by atoms with van der Waals surface area (Å²) in [5.74, 6) is -0.860. The van der Waals surface area contributed by atoms with Crippen LogP contribution in [-0.4, -0.2) is 65.7 Å². The molecule has 2 aromatic carbocycles. The Hall–Kier alpha value is -3.27. The molecular formula is C26H27N3O5S. The number of hydrogen-bond donors (Lipinski definition) is 1. The van der Waals surface area contributed by atoms with Crippen LogP contribution in [0.1, 0.15) is 28.6 Å². The number of ether oxygens (including phenoxy) is 1. The summed E-state index contributed by atoms with van der Waals surface area (Å²) in [4.78, 5) is 35.9. The van der Waals surface area contributed by atoms with Crippen molar-refractivity contribution in [3.05, 3.63) is 57.4 Å². The van der Waals surface area contributed by atoms with Crippen LogP contribution in [0.5, 0.6) is 5.75 Å². The first kappa shape index (κ1) is 23.5. The highest BCUT2D eigenvalue weighted by atomic mass is 32.1. The number of para-hydroxylation sites is 1. The molecule has 0 saturated carbocycles. The Morgan fingerprint density at radius 1 is 1.23 bits per heavy atom. The van der Waals surface area contributed by atoms with Crippen LogP contribution in [-0.2, 0) is 11.3 Å². The highest BCUT2D eigenvalue weighted by Crippen LogP contribution is 2.36. The van der Waals surface area contributed by atoms with Crippen molar-refractivity contribution in [2.24, 2.45) is 0 Å². The van der Waals surface area contributed by atoms with Gasteiger partial charge in [0.2, 0.25) is 11.2 Å². The fourth-order valence-corrected chi connectivity index (χ4v) is 5.44. The van der Waals surface area contributed by atoms with E-state index < -0.39 is 5.97 Å². The van der Waals surface area contributed by atoms with Crippen molar-refractivity contribution < 1.29 is 19.1 Å². The van der Waals surface area contributed by atoms with Gasteiger partial charge in [-0.25, -0.2) is 9.78 Å². The predicted molar refractivity (Wildman–Crippen MR) is 136 cm³/mol. The molecule has 1 saturated heterocycles. The van der Waals surface area contributed by atoms with Gasteiger partial charge < -0.3 is 19.2 Å². The molecule has 1 aliphatic rings. The van der Waals surface area contributed by atoms with E-state index >= 15 is 0 Å². The van der Waals surface area contributed by atoms with Gasteiger partial charge in [0.1, 0.15) is 21.9 Å². The van der Waals surface area contributed by atoms with E-state index in [-0.39, 0.29) is 34.7 Å². The molecule has 5 rings (SSSR count). The predicted octanol–water partition coefficient (Wildman–Crippen LogP) is 4.01. The molecule has 0 spiro atoms. The number of hydrogen-bond acceptors (Lipinski definition) is 9. The molecule has 8 nitrogen and oxygen atoms in total. The molecule has 0 aliphatic carbocycles. The van der Waals surface area contributed by atoms with Gasteiger partial charge in [-0.2, -0.15) is 0 Å². The summed E-state index contributed by atoms with van der Waals surface area (Å²) in [6.07, 6.45) is 0. The molecule has 0 amide bonds. The molecule has 182 valence electrons. The maximum Gasteiger partial charge on any atom is 0.375 e. The van der Waals surface area contributed by atoms with E-state index in [1.165, 1.54) is 11.3 Å². The lowest BCUT2D eigenvalue weighted by Crippen LogP contribution is -2.43. The average Bonchev–Trinajstić information content (AvgIpc) is 3.28. The monoisotopic (exact) mass is 493 g/mol. The minimum atomic E-state index is -0.735. The van der Waals surface area contributed by atoms with E-state index in [0.717, 1.165) is 36.4 Å². The third kappa shape index (κ3) is 4.31. The lowest BCUT2D eigenvalue weighted by atomic mass is 10.0. The Kier molecular flexibility index (Phi) is 6.31. The van der Waals surface area contributed by atoms with Crippen molar-refractivity contribution in [1.29, 1.82) is 0 Å². The summed E-state index contributed by atoms with van der Waals surface area (Å²) < 4.78 is 12.1. The molecule has 0 radical (unpaired) electrons. The molecule has 3 heterocycles. The molecule has 0 unspecified atom stereocenters. The van der Waals surface area contributed by atoms with Gasteiger partial charge in [0.25, 0.3) is 0 Å². The zero-order chi connectivity index (χ0) is 24.7. The maximum atomic E-state index is 13.9. The number of fused-ring (bicyclic) bond motifs is 2. The number of piperazine rings is 1. The number of carbonyl (C=O) groups excluding carboxylic acids is 1. The molecule has 0 bridgehead atoms. The first-order valence-electron chi connectivity index (χ1n) is 11.6. The van der Waals surface area contributed by atoms with Gasteiger partial charge >= 0.3 is 5.97 Å². The minimum Gasteiger partial charge on any atom is -0.507 e. The van der Waals surface area contributed by atoms with E-state index in [1.807, 2.05) is 24.3 Å². The zero-order valence-corrected chi connectivity index (χ0v) is 20.8. The highest BCUT2D eigenvalue weighted by Gasteiger charge is 2.28. The van der Waals surface area contributed by atoms with Gasteiger partial charge in [0.15, 0.2) is 0 Å². The van der Waals surface area contributed by atoms with Crippen LogP contribution in [0.15, 0.2) is 39.5 Å². The van der Waals surface area contributed by atoms with Crippen molar-refractivity contribution in [1.82, 2.24) is 14.8 Å².